The van der Waals surface area contributed by atoms with E-state index in [1.807, 2.05) is 17.0 Å². The Bertz CT molecular complexity index is 620. The molecule has 5 nitrogen and oxygen atoms in total. The summed E-state index contributed by atoms with van der Waals surface area (Å²) in [6.07, 6.45) is 4.36. The normalized spacial score (nSPS) is 22.7. The molecule has 1 aliphatic carbocycles. The number of benzene rings is 1. The van der Waals surface area contributed by atoms with Crippen LogP contribution in [0.1, 0.15) is 47.7 Å². The van der Waals surface area contributed by atoms with Crippen LogP contribution in [0.2, 0.25) is 0 Å². The van der Waals surface area contributed by atoms with Crippen molar-refractivity contribution in [2.45, 2.75) is 39.0 Å². The van der Waals surface area contributed by atoms with Gasteiger partial charge in [-0.3, -0.25) is 14.8 Å². The van der Waals surface area contributed by atoms with Gasteiger partial charge in [-0.1, -0.05) is 13.0 Å². The van der Waals surface area contributed by atoms with Crippen LogP contribution < -0.4 is 5.48 Å². The highest BCUT2D eigenvalue weighted by Gasteiger charge is 2.47. The minimum absolute atomic E-state index is 0. The van der Waals surface area contributed by atoms with Crippen molar-refractivity contribution < 1.29 is 14.8 Å². The average Bonchev–Trinajstić information content (AvgIpc) is 2.83. The average molecular weight is 336 g/mol. The molecule has 2 N–H and O–H groups in total. The van der Waals surface area contributed by atoms with E-state index >= 15 is 0 Å². The van der Waals surface area contributed by atoms with E-state index in [9.17, 15) is 9.59 Å². The second-order valence-electron chi connectivity index (χ2n) is 6.42. The summed E-state index contributed by atoms with van der Waals surface area (Å²) in [5.41, 5.74) is 4.17. The number of hydroxylamine groups is 1. The van der Waals surface area contributed by atoms with Crippen LogP contribution in [0.4, 0.5) is 0 Å². The van der Waals surface area contributed by atoms with Crippen LogP contribution in [0.5, 0.6) is 0 Å². The topological polar surface area (TPSA) is 69.6 Å². The summed E-state index contributed by atoms with van der Waals surface area (Å²) in [5.74, 6) is -0.189. The standard InChI is InChI=1S/C17H22N2O3.H2S/c1-2-8-19-9-7-17(16(19)21)6-5-12-10-13(15(20)18-22)3-4-14(12)11-17;/h3-4,10,22H,2,5-9,11H2,1H3,(H,18,20);1H2/t17-;/m1./s1. The lowest BCUT2D eigenvalue weighted by atomic mass is 9.70. The highest BCUT2D eigenvalue weighted by Crippen LogP contribution is 2.43. The second-order valence-corrected chi connectivity index (χ2v) is 6.42. The number of carbonyl (C=O) groups excluding carboxylic acids is 2. The zero-order chi connectivity index (χ0) is 15.7. The van der Waals surface area contributed by atoms with Crippen LogP contribution in [-0.4, -0.2) is 35.0 Å². The van der Waals surface area contributed by atoms with Crippen molar-refractivity contribution in [3.05, 3.63) is 34.9 Å². The lowest BCUT2D eigenvalue weighted by molar-refractivity contribution is -0.136. The predicted octanol–water partition coefficient (Wildman–Crippen LogP) is 2.04. The molecule has 23 heavy (non-hydrogen) atoms. The first-order valence-corrected chi connectivity index (χ1v) is 7.95. The Morgan fingerprint density at radius 3 is 2.83 bits per heavy atom. The van der Waals surface area contributed by atoms with Gasteiger partial charge in [-0.25, -0.2) is 5.48 Å². The molecule has 1 atom stereocenters. The maximum Gasteiger partial charge on any atom is 0.274 e. The van der Waals surface area contributed by atoms with Gasteiger partial charge in [0.05, 0.1) is 5.41 Å². The van der Waals surface area contributed by atoms with Gasteiger partial charge in [0.2, 0.25) is 5.91 Å². The molecule has 3 rings (SSSR count). The fourth-order valence-corrected chi connectivity index (χ4v) is 3.84. The molecule has 1 aromatic rings. The highest BCUT2D eigenvalue weighted by molar-refractivity contribution is 7.59. The molecule has 0 radical (unpaired) electrons. The quantitative estimate of drug-likeness (QED) is 0.655. The molecule has 1 aliphatic heterocycles. The van der Waals surface area contributed by atoms with Crippen molar-refractivity contribution in [3.63, 3.8) is 0 Å². The van der Waals surface area contributed by atoms with Gasteiger partial charge in [0.25, 0.3) is 5.91 Å². The van der Waals surface area contributed by atoms with Gasteiger partial charge < -0.3 is 4.90 Å². The van der Waals surface area contributed by atoms with Crippen LogP contribution in [0, 0.1) is 5.41 Å². The molecule has 2 amide bonds. The number of likely N-dealkylation sites (tertiary alicyclic amines) is 1. The van der Waals surface area contributed by atoms with Gasteiger partial charge in [0, 0.05) is 18.7 Å². The van der Waals surface area contributed by atoms with E-state index in [2.05, 4.69) is 6.92 Å². The van der Waals surface area contributed by atoms with Crippen LogP contribution in [0.3, 0.4) is 0 Å². The molecule has 1 heterocycles. The fourth-order valence-electron chi connectivity index (χ4n) is 3.84. The molecule has 0 aromatic heterocycles. The van der Waals surface area contributed by atoms with Gasteiger partial charge in [-0.05, 0) is 55.4 Å². The molecule has 6 heteroatoms. The van der Waals surface area contributed by atoms with E-state index in [1.165, 1.54) is 0 Å². The summed E-state index contributed by atoms with van der Waals surface area (Å²) >= 11 is 0. The van der Waals surface area contributed by atoms with Crippen molar-refractivity contribution in [2.75, 3.05) is 13.1 Å². The minimum Gasteiger partial charge on any atom is -0.342 e. The zero-order valence-corrected chi connectivity index (χ0v) is 14.4. The number of nitrogens with zero attached hydrogens (tertiary/aromatic N) is 1. The number of amides is 2. The smallest absolute Gasteiger partial charge is 0.274 e. The molecular weight excluding hydrogens is 312 g/mol. The van der Waals surface area contributed by atoms with E-state index in [4.69, 9.17) is 5.21 Å². The molecule has 1 fully saturated rings. The van der Waals surface area contributed by atoms with Crippen LogP contribution in [0.25, 0.3) is 0 Å². The largest absolute Gasteiger partial charge is 0.342 e. The first kappa shape index (κ1) is 17.8. The molecule has 0 unspecified atom stereocenters. The van der Waals surface area contributed by atoms with E-state index in [0.29, 0.717) is 11.5 Å². The highest BCUT2D eigenvalue weighted by atomic mass is 32.1. The molecule has 126 valence electrons. The number of hydrogen-bond donors (Lipinski definition) is 2. The van der Waals surface area contributed by atoms with Gasteiger partial charge in [-0.2, -0.15) is 13.5 Å². The summed E-state index contributed by atoms with van der Waals surface area (Å²) in [6.45, 7) is 3.82. The maximum absolute atomic E-state index is 12.7. The number of rotatable bonds is 3. The summed E-state index contributed by atoms with van der Waals surface area (Å²) in [5, 5.41) is 8.72. The molecule has 1 saturated heterocycles. The zero-order valence-electron chi connectivity index (χ0n) is 13.4. The van der Waals surface area contributed by atoms with Gasteiger partial charge in [-0.15, -0.1) is 0 Å². The first-order valence-electron chi connectivity index (χ1n) is 7.95. The first-order chi connectivity index (χ1) is 10.6. The summed E-state index contributed by atoms with van der Waals surface area (Å²) < 4.78 is 0. The second kappa shape index (κ2) is 6.93. The number of nitrogens with one attached hydrogen (secondary N) is 1. The Hall–Kier alpha value is -1.53. The van der Waals surface area contributed by atoms with Crippen molar-refractivity contribution in [2.24, 2.45) is 5.41 Å². The third-order valence-corrected chi connectivity index (χ3v) is 5.07. The van der Waals surface area contributed by atoms with Crippen LogP contribution in [0.15, 0.2) is 18.2 Å². The Labute approximate surface area is 143 Å². The Morgan fingerprint density at radius 1 is 1.35 bits per heavy atom. The monoisotopic (exact) mass is 336 g/mol. The Kier molecular flexibility index (Phi) is 5.37. The fraction of sp³-hybridized carbons (Fsp3) is 0.529. The van der Waals surface area contributed by atoms with Crippen molar-refractivity contribution in [3.8, 4) is 0 Å². The summed E-state index contributed by atoms with van der Waals surface area (Å²) in [7, 11) is 0. The van der Waals surface area contributed by atoms with Gasteiger partial charge in [0.15, 0.2) is 0 Å². The SMILES string of the molecule is CCCN1CC[C@@]2(CCc3cc(C(=O)NO)ccc3C2)C1=O.S. The van der Waals surface area contributed by atoms with Gasteiger partial charge in [0.1, 0.15) is 0 Å². The molecule has 1 aromatic carbocycles. The predicted molar refractivity (Wildman–Crippen MR) is 92.0 cm³/mol. The van der Waals surface area contributed by atoms with E-state index in [-0.39, 0.29) is 18.9 Å². The number of aryl methyl sites for hydroxylation is 1. The lowest BCUT2D eigenvalue weighted by Gasteiger charge is -2.33. The van der Waals surface area contributed by atoms with Crippen molar-refractivity contribution >= 4 is 25.3 Å². The lowest BCUT2D eigenvalue weighted by Crippen LogP contribution is -2.39. The van der Waals surface area contributed by atoms with Crippen molar-refractivity contribution in [1.82, 2.24) is 10.4 Å². The minimum atomic E-state index is -0.492. The number of fused-ring (bicyclic) bond motifs is 1. The number of hydrogen-bond acceptors (Lipinski definition) is 3. The van der Waals surface area contributed by atoms with Gasteiger partial charge >= 0.3 is 0 Å². The molecule has 1 spiro atoms. The number of carbonyl (C=O) groups is 2. The molecule has 2 aliphatic rings. The summed E-state index contributed by atoms with van der Waals surface area (Å²) in [4.78, 5) is 26.2. The van der Waals surface area contributed by atoms with Crippen LogP contribution in [-0.2, 0) is 17.6 Å². The maximum atomic E-state index is 12.7. The Balaban J connectivity index is 0.00000192. The third-order valence-electron chi connectivity index (χ3n) is 5.07. The van der Waals surface area contributed by atoms with Crippen molar-refractivity contribution in [1.29, 1.82) is 0 Å². The van der Waals surface area contributed by atoms with E-state index in [0.717, 1.165) is 56.3 Å². The van der Waals surface area contributed by atoms with E-state index in [1.54, 1.807) is 11.5 Å². The Morgan fingerprint density at radius 2 is 2.13 bits per heavy atom. The molecular formula is C17H24N2O3S. The summed E-state index contributed by atoms with van der Waals surface area (Å²) in [6, 6.07) is 5.47. The molecule has 0 saturated carbocycles. The van der Waals surface area contributed by atoms with Crippen LogP contribution >= 0.6 is 13.5 Å². The third kappa shape index (κ3) is 3.10. The van der Waals surface area contributed by atoms with E-state index < -0.39 is 5.91 Å². The molecule has 0 bridgehead atoms.